The molecule has 37 heavy (non-hydrogen) atoms. The molecule has 6 rings (SSSR count). The molecule has 0 aliphatic carbocycles. The van der Waals surface area contributed by atoms with Gasteiger partial charge in [0.1, 0.15) is 17.0 Å². The van der Waals surface area contributed by atoms with Crippen LogP contribution in [-0.4, -0.2) is 63.8 Å². The lowest BCUT2D eigenvalue weighted by Crippen LogP contribution is -2.51. The number of aromatic nitrogens is 2. The van der Waals surface area contributed by atoms with Gasteiger partial charge in [0, 0.05) is 50.6 Å². The summed E-state index contributed by atoms with van der Waals surface area (Å²) in [6.07, 6.45) is 3.72. The number of rotatable bonds is 4. The van der Waals surface area contributed by atoms with Crippen LogP contribution in [0.4, 0.5) is 5.82 Å². The van der Waals surface area contributed by atoms with Crippen molar-refractivity contribution in [3.05, 3.63) is 51.7 Å². The summed E-state index contributed by atoms with van der Waals surface area (Å²) < 4.78 is 0. The SMILES string of the molecule is Cc1sc2ncnc(N3CCCN(Cc4ccc5c(c4)CN(C4CCC(=O)NC4=O)C5S)CC3)c2c1C. The molecule has 8 nitrogen and oxygen atoms in total. The van der Waals surface area contributed by atoms with Crippen molar-refractivity contribution in [2.45, 2.75) is 57.6 Å². The predicted octanol–water partition coefficient (Wildman–Crippen LogP) is 3.57. The van der Waals surface area contributed by atoms with Gasteiger partial charge in [0.2, 0.25) is 11.8 Å². The fraction of sp³-hybridized carbons (Fsp3) is 0.481. The molecule has 3 aromatic rings. The average molecular weight is 537 g/mol. The van der Waals surface area contributed by atoms with Gasteiger partial charge in [-0.25, -0.2) is 9.97 Å². The minimum Gasteiger partial charge on any atom is -0.355 e. The van der Waals surface area contributed by atoms with Crippen LogP contribution in [0.2, 0.25) is 0 Å². The number of carbonyl (C=O) groups excluding carboxylic acids is 2. The van der Waals surface area contributed by atoms with Gasteiger partial charge in [-0.2, -0.15) is 12.6 Å². The smallest absolute Gasteiger partial charge is 0.243 e. The highest BCUT2D eigenvalue weighted by molar-refractivity contribution is 7.80. The molecular formula is C27H32N6O2S2. The molecule has 1 aromatic carbocycles. The largest absolute Gasteiger partial charge is 0.355 e. The average Bonchev–Trinajstić information content (AvgIpc) is 3.23. The summed E-state index contributed by atoms with van der Waals surface area (Å²) in [5.74, 6) is 0.683. The maximum atomic E-state index is 12.4. The van der Waals surface area contributed by atoms with Gasteiger partial charge < -0.3 is 4.90 Å². The van der Waals surface area contributed by atoms with Gasteiger partial charge in [0.15, 0.2) is 0 Å². The first kappa shape index (κ1) is 24.8. The lowest BCUT2D eigenvalue weighted by molar-refractivity contribution is -0.137. The number of benzene rings is 1. The second-order valence-electron chi connectivity index (χ2n) is 10.3. The molecule has 0 radical (unpaired) electrons. The molecule has 3 aliphatic heterocycles. The van der Waals surface area contributed by atoms with Crippen LogP contribution >= 0.6 is 24.0 Å². The van der Waals surface area contributed by atoms with Crippen LogP contribution in [0.3, 0.4) is 0 Å². The van der Waals surface area contributed by atoms with Crippen molar-refractivity contribution < 1.29 is 9.59 Å². The minimum absolute atomic E-state index is 0.131. The van der Waals surface area contributed by atoms with E-state index in [2.05, 4.69) is 57.0 Å². The van der Waals surface area contributed by atoms with E-state index in [1.807, 2.05) is 0 Å². The zero-order valence-corrected chi connectivity index (χ0v) is 22.9. The Labute approximate surface area is 226 Å². The fourth-order valence-corrected chi connectivity index (χ4v) is 7.38. The Morgan fingerprint density at radius 3 is 2.84 bits per heavy atom. The maximum absolute atomic E-state index is 12.4. The van der Waals surface area contributed by atoms with E-state index in [0.717, 1.165) is 55.4 Å². The molecule has 2 unspecified atom stereocenters. The number of amides is 2. The van der Waals surface area contributed by atoms with Crippen LogP contribution in [0.25, 0.3) is 10.2 Å². The van der Waals surface area contributed by atoms with E-state index in [9.17, 15) is 9.59 Å². The third-order valence-corrected chi connectivity index (χ3v) is 9.69. The van der Waals surface area contributed by atoms with Crippen LogP contribution < -0.4 is 10.2 Å². The summed E-state index contributed by atoms with van der Waals surface area (Å²) in [7, 11) is 0. The normalized spacial score (nSPS) is 23.4. The van der Waals surface area contributed by atoms with Gasteiger partial charge in [-0.3, -0.25) is 24.7 Å². The van der Waals surface area contributed by atoms with Crippen molar-refractivity contribution in [1.29, 1.82) is 0 Å². The molecule has 2 saturated heterocycles. The second-order valence-corrected chi connectivity index (χ2v) is 12.0. The predicted molar refractivity (Wildman–Crippen MR) is 149 cm³/mol. The van der Waals surface area contributed by atoms with Crippen molar-refractivity contribution in [2.75, 3.05) is 31.1 Å². The number of piperidine rings is 1. The van der Waals surface area contributed by atoms with E-state index in [4.69, 9.17) is 17.6 Å². The summed E-state index contributed by atoms with van der Waals surface area (Å²) in [5, 5.41) is 3.56. The van der Waals surface area contributed by atoms with Gasteiger partial charge in [0.25, 0.3) is 0 Å². The Kier molecular flexibility index (Phi) is 6.68. The third kappa shape index (κ3) is 4.65. The Morgan fingerprint density at radius 2 is 2.00 bits per heavy atom. The number of nitrogens with one attached hydrogen (secondary N) is 1. The molecular weight excluding hydrogens is 504 g/mol. The van der Waals surface area contributed by atoms with E-state index in [0.29, 0.717) is 19.4 Å². The molecule has 0 spiro atoms. The number of thiol groups is 1. The minimum atomic E-state index is -0.309. The van der Waals surface area contributed by atoms with Crippen LogP contribution in [0.15, 0.2) is 24.5 Å². The number of thiophene rings is 1. The molecule has 1 N–H and O–H groups in total. The van der Waals surface area contributed by atoms with Crippen molar-refractivity contribution in [2.24, 2.45) is 0 Å². The molecule has 2 fully saturated rings. The molecule has 2 atom stereocenters. The summed E-state index contributed by atoms with van der Waals surface area (Å²) in [6.45, 7) is 9.86. The van der Waals surface area contributed by atoms with E-state index in [1.54, 1.807) is 17.7 Å². The standard InChI is InChI=1S/C27H32N6O2S2/c1-16-17(2)37-26-23(16)24(28-15-29-26)32-9-3-8-31(10-11-32)13-18-4-5-20-19(12-18)14-33(27(20)36)21-6-7-22(34)30-25(21)35/h4-5,12,15,21,27,36H,3,6-11,13-14H2,1-2H3,(H,30,34,35). The zero-order valence-electron chi connectivity index (χ0n) is 21.2. The van der Waals surface area contributed by atoms with Crippen LogP contribution in [0, 0.1) is 13.8 Å². The van der Waals surface area contributed by atoms with Crippen molar-refractivity contribution in [1.82, 2.24) is 25.1 Å². The Hall–Kier alpha value is -2.53. The van der Waals surface area contributed by atoms with Gasteiger partial charge in [0.05, 0.1) is 16.8 Å². The fourth-order valence-electron chi connectivity index (χ4n) is 5.89. The Bertz CT molecular complexity index is 1370. The molecule has 2 amide bonds. The van der Waals surface area contributed by atoms with Crippen molar-refractivity contribution in [3.8, 4) is 0 Å². The summed E-state index contributed by atoms with van der Waals surface area (Å²) in [5.41, 5.74) is 4.97. The summed E-state index contributed by atoms with van der Waals surface area (Å²) in [4.78, 5) is 42.7. The number of imide groups is 1. The molecule has 3 aliphatic rings. The highest BCUT2D eigenvalue weighted by Crippen LogP contribution is 2.40. The zero-order chi connectivity index (χ0) is 25.7. The van der Waals surface area contributed by atoms with Gasteiger partial charge >= 0.3 is 0 Å². The van der Waals surface area contributed by atoms with Crippen molar-refractivity contribution >= 4 is 51.8 Å². The highest BCUT2D eigenvalue weighted by Gasteiger charge is 2.39. The molecule has 0 saturated carbocycles. The lowest BCUT2D eigenvalue weighted by Gasteiger charge is -2.32. The molecule has 10 heteroatoms. The van der Waals surface area contributed by atoms with Gasteiger partial charge in [-0.05, 0) is 48.9 Å². The lowest BCUT2D eigenvalue weighted by atomic mass is 10.0. The second kappa shape index (κ2) is 9.98. The third-order valence-electron chi connectivity index (χ3n) is 8.00. The number of carbonyl (C=O) groups is 2. The number of anilines is 1. The van der Waals surface area contributed by atoms with Crippen LogP contribution in [0.5, 0.6) is 0 Å². The van der Waals surface area contributed by atoms with E-state index in [-0.39, 0.29) is 23.2 Å². The first-order chi connectivity index (χ1) is 17.9. The molecule has 5 heterocycles. The van der Waals surface area contributed by atoms with Crippen LogP contribution in [0.1, 0.15) is 51.8 Å². The highest BCUT2D eigenvalue weighted by atomic mass is 32.1. The molecule has 2 aromatic heterocycles. The number of hydrogen-bond donors (Lipinski definition) is 2. The molecule has 0 bridgehead atoms. The van der Waals surface area contributed by atoms with Crippen LogP contribution in [-0.2, 0) is 22.7 Å². The topological polar surface area (TPSA) is 81.7 Å². The molecule has 194 valence electrons. The quantitative estimate of drug-likeness (QED) is 0.390. The Morgan fingerprint density at radius 1 is 1.14 bits per heavy atom. The summed E-state index contributed by atoms with van der Waals surface area (Å²) >= 11 is 6.58. The van der Waals surface area contributed by atoms with Gasteiger partial charge in [-0.15, -0.1) is 11.3 Å². The first-order valence-electron chi connectivity index (χ1n) is 13.0. The maximum Gasteiger partial charge on any atom is 0.243 e. The number of fused-ring (bicyclic) bond motifs is 2. The van der Waals surface area contributed by atoms with Crippen molar-refractivity contribution in [3.63, 3.8) is 0 Å². The number of nitrogens with zero attached hydrogens (tertiary/aromatic N) is 5. The Balaban J connectivity index is 1.13. The number of hydrogen-bond acceptors (Lipinski definition) is 9. The van der Waals surface area contributed by atoms with E-state index >= 15 is 0 Å². The number of aryl methyl sites for hydroxylation is 2. The van der Waals surface area contributed by atoms with Gasteiger partial charge in [-0.1, -0.05) is 18.2 Å². The first-order valence-corrected chi connectivity index (χ1v) is 14.3. The monoisotopic (exact) mass is 536 g/mol. The van der Waals surface area contributed by atoms with E-state index in [1.165, 1.54) is 27.0 Å². The summed E-state index contributed by atoms with van der Waals surface area (Å²) in [6, 6.07) is 6.33. The van der Waals surface area contributed by atoms with E-state index < -0.39 is 0 Å².